The summed E-state index contributed by atoms with van der Waals surface area (Å²) in [7, 11) is 1.79. The molecule has 1 rings (SSSR count). The summed E-state index contributed by atoms with van der Waals surface area (Å²) in [5, 5.41) is 3.05. The number of ether oxygens (including phenoxy) is 1. The van der Waals surface area contributed by atoms with Gasteiger partial charge in [0.2, 0.25) is 0 Å². The van der Waals surface area contributed by atoms with Gasteiger partial charge in [-0.25, -0.2) is 0 Å². The van der Waals surface area contributed by atoms with Crippen LogP contribution in [0.4, 0.5) is 0 Å². The zero-order valence-corrected chi connectivity index (χ0v) is 11.9. The lowest BCUT2D eigenvalue weighted by atomic mass is 10.00. The van der Waals surface area contributed by atoms with Crippen LogP contribution in [0.5, 0.6) is 0 Å². The summed E-state index contributed by atoms with van der Waals surface area (Å²) < 4.78 is 5.08. The maximum Gasteiger partial charge on any atom is 0.326 e. The Labute approximate surface area is 113 Å². The Morgan fingerprint density at radius 2 is 2.17 bits per heavy atom. The predicted octanol–water partition coefficient (Wildman–Crippen LogP) is 2.10. The molecule has 1 heterocycles. The fourth-order valence-electron chi connectivity index (χ4n) is 1.43. The van der Waals surface area contributed by atoms with Gasteiger partial charge in [0.25, 0.3) is 0 Å². The smallest absolute Gasteiger partial charge is 0.326 e. The third-order valence-electron chi connectivity index (χ3n) is 2.80. The van der Waals surface area contributed by atoms with Crippen molar-refractivity contribution in [1.82, 2.24) is 10.3 Å². The molecule has 0 aromatic carbocycles. The van der Waals surface area contributed by atoms with Crippen molar-refractivity contribution in [2.75, 3.05) is 19.4 Å². The first-order valence-corrected chi connectivity index (χ1v) is 7.00. The van der Waals surface area contributed by atoms with Crippen molar-refractivity contribution in [2.24, 2.45) is 0 Å². The fraction of sp³-hybridized carbons (Fsp3) is 0.538. The molecule has 1 unspecified atom stereocenters. The summed E-state index contributed by atoms with van der Waals surface area (Å²) in [6, 6.07) is 3.93. The van der Waals surface area contributed by atoms with Gasteiger partial charge in [-0.3, -0.25) is 9.78 Å². The largest absolute Gasteiger partial charge is 0.465 e. The van der Waals surface area contributed by atoms with Crippen LogP contribution in [0.3, 0.4) is 0 Å². The van der Waals surface area contributed by atoms with E-state index >= 15 is 0 Å². The molecule has 100 valence electrons. The van der Waals surface area contributed by atoms with Gasteiger partial charge in [-0.2, -0.15) is 0 Å². The molecule has 0 aliphatic carbocycles. The Morgan fingerprint density at radius 3 is 2.72 bits per heavy atom. The molecule has 0 amide bonds. The number of rotatable bonds is 7. The summed E-state index contributed by atoms with van der Waals surface area (Å²) in [6.07, 6.45) is 4.26. The van der Waals surface area contributed by atoms with Crippen molar-refractivity contribution in [3.05, 3.63) is 24.5 Å². The molecule has 1 N–H and O–H groups in total. The van der Waals surface area contributed by atoms with Crippen molar-refractivity contribution in [1.29, 1.82) is 0 Å². The lowest BCUT2D eigenvalue weighted by molar-refractivity contribution is -0.150. The van der Waals surface area contributed by atoms with Crippen LogP contribution < -0.4 is 5.32 Å². The van der Waals surface area contributed by atoms with E-state index in [0.29, 0.717) is 6.61 Å². The number of pyridine rings is 1. The third kappa shape index (κ3) is 4.31. The van der Waals surface area contributed by atoms with E-state index < -0.39 is 5.54 Å². The Bertz CT molecular complexity index is 373. The third-order valence-corrected chi connectivity index (χ3v) is 3.81. The average molecular weight is 268 g/mol. The maximum absolute atomic E-state index is 11.8. The molecule has 0 spiro atoms. The molecular formula is C13H20N2O2S. The number of likely N-dealkylation sites (N-methyl/N-ethyl adjacent to an activating group) is 1. The highest BCUT2D eigenvalue weighted by atomic mass is 32.2. The average Bonchev–Trinajstić information content (AvgIpc) is 2.40. The van der Waals surface area contributed by atoms with Crippen LogP contribution in [0.25, 0.3) is 0 Å². The van der Waals surface area contributed by atoms with Crippen LogP contribution in [-0.2, 0) is 9.53 Å². The number of nitrogens with zero attached hydrogens (tertiary/aromatic N) is 1. The van der Waals surface area contributed by atoms with Gasteiger partial charge >= 0.3 is 5.97 Å². The van der Waals surface area contributed by atoms with Gasteiger partial charge < -0.3 is 10.1 Å². The van der Waals surface area contributed by atoms with E-state index in [0.717, 1.165) is 17.1 Å². The zero-order chi connectivity index (χ0) is 13.4. The summed E-state index contributed by atoms with van der Waals surface area (Å²) in [5.41, 5.74) is -0.615. The number of carbonyl (C=O) groups excluding carboxylic acids is 1. The minimum Gasteiger partial charge on any atom is -0.465 e. The fourth-order valence-corrected chi connectivity index (χ4v) is 2.49. The molecular weight excluding hydrogens is 248 g/mol. The minimum absolute atomic E-state index is 0.192. The van der Waals surface area contributed by atoms with E-state index in [-0.39, 0.29) is 5.97 Å². The van der Waals surface area contributed by atoms with Gasteiger partial charge in [0.05, 0.1) is 6.61 Å². The molecule has 0 radical (unpaired) electrons. The van der Waals surface area contributed by atoms with Gasteiger partial charge in [-0.15, -0.1) is 11.8 Å². The summed E-state index contributed by atoms with van der Waals surface area (Å²) >= 11 is 1.71. The van der Waals surface area contributed by atoms with Crippen LogP contribution >= 0.6 is 11.8 Å². The topological polar surface area (TPSA) is 51.2 Å². The predicted molar refractivity (Wildman–Crippen MR) is 73.7 cm³/mol. The van der Waals surface area contributed by atoms with Crippen molar-refractivity contribution < 1.29 is 9.53 Å². The second-order valence-corrected chi connectivity index (χ2v) is 5.25. The Hall–Kier alpha value is -1.07. The highest BCUT2D eigenvalue weighted by molar-refractivity contribution is 7.99. The maximum atomic E-state index is 11.8. The normalized spacial score (nSPS) is 13.9. The van der Waals surface area contributed by atoms with Gasteiger partial charge in [0.1, 0.15) is 5.54 Å². The van der Waals surface area contributed by atoms with Crippen LogP contribution in [0, 0.1) is 0 Å². The molecule has 4 nitrogen and oxygen atoms in total. The Balaban J connectivity index is 2.46. The van der Waals surface area contributed by atoms with E-state index in [1.54, 1.807) is 31.2 Å². The Morgan fingerprint density at radius 1 is 1.50 bits per heavy atom. The molecule has 0 aliphatic rings. The van der Waals surface area contributed by atoms with Gasteiger partial charge in [-0.1, -0.05) is 0 Å². The lowest BCUT2D eigenvalue weighted by Gasteiger charge is -2.26. The van der Waals surface area contributed by atoms with Crippen molar-refractivity contribution in [3.63, 3.8) is 0 Å². The van der Waals surface area contributed by atoms with Crippen LogP contribution in [0.2, 0.25) is 0 Å². The first-order valence-electron chi connectivity index (χ1n) is 6.01. The van der Waals surface area contributed by atoms with E-state index in [1.165, 1.54) is 0 Å². The SMILES string of the molecule is CCOC(=O)C(C)(CCSc1ccncc1)NC. The zero-order valence-electron chi connectivity index (χ0n) is 11.1. The summed E-state index contributed by atoms with van der Waals surface area (Å²) in [4.78, 5) is 17.0. The van der Waals surface area contributed by atoms with Crippen LogP contribution in [0.15, 0.2) is 29.4 Å². The van der Waals surface area contributed by atoms with Crippen LogP contribution in [0.1, 0.15) is 20.3 Å². The molecule has 0 saturated heterocycles. The molecule has 5 heteroatoms. The second-order valence-electron chi connectivity index (χ2n) is 4.08. The number of nitrogens with one attached hydrogen (secondary N) is 1. The second kappa shape index (κ2) is 7.38. The molecule has 0 fully saturated rings. The molecule has 1 atom stereocenters. The number of thioether (sulfide) groups is 1. The lowest BCUT2D eigenvalue weighted by Crippen LogP contribution is -2.49. The first-order chi connectivity index (χ1) is 8.62. The Kier molecular flexibility index (Phi) is 6.15. The number of aromatic nitrogens is 1. The number of hydrogen-bond donors (Lipinski definition) is 1. The molecule has 1 aromatic heterocycles. The number of esters is 1. The molecule has 0 bridgehead atoms. The first kappa shape index (κ1) is 15.0. The quantitative estimate of drug-likeness (QED) is 0.606. The monoisotopic (exact) mass is 268 g/mol. The number of hydrogen-bond acceptors (Lipinski definition) is 5. The van der Waals surface area contributed by atoms with Crippen LogP contribution in [-0.4, -0.2) is 35.9 Å². The van der Waals surface area contributed by atoms with Crippen molar-refractivity contribution in [2.45, 2.75) is 30.7 Å². The molecule has 0 saturated carbocycles. The standard InChI is InChI=1S/C13H20N2O2S/c1-4-17-12(16)13(2,14-3)7-10-18-11-5-8-15-9-6-11/h5-6,8-9,14H,4,7,10H2,1-3H3. The molecule has 18 heavy (non-hydrogen) atoms. The minimum atomic E-state index is -0.615. The van der Waals surface area contributed by atoms with E-state index in [2.05, 4.69) is 10.3 Å². The van der Waals surface area contributed by atoms with E-state index in [9.17, 15) is 4.79 Å². The number of carbonyl (C=O) groups is 1. The van der Waals surface area contributed by atoms with Crippen molar-refractivity contribution >= 4 is 17.7 Å². The van der Waals surface area contributed by atoms with Gasteiger partial charge in [0.15, 0.2) is 0 Å². The van der Waals surface area contributed by atoms with E-state index in [1.807, 2.05) is 26.0 Å². The van der Waals surface area contributed by atoms with Crippen molar-refractivity contribution in [3.8, 4) is 0 Å². The molecule has 1 aromatic rings. The van der Waals surface area contributed by atoms with Gasteiger partial charge in [0, 0.05) is 23.0 Å². The van der Waals surface area contributed by atoms with Gasteiger partial charge in [-0.05, 0) is 39.4 Å². The molecule has 0 aliphatic heterocycles. The highest BCUT2D eigenvalue weighted by Crippen LogP contribution is 2.21. The highest BCUT2D eigenvalue weighted by Gasteiger charge is 2.32. The summed E-state index contributed by atoms with van der Waals surface area (Å²) in [6.45, 7) is 4.10. The summed E-state index contributed by atoms with van der Waals surface area (Å²) in [5.74, 6) is 0.656. The van der Waals surface area contributed by atoms with E-state index in [4.69, 9.17) is 4.74 Å².